The minimum absolute atomic E-state index is 0.108. The zero-order valence-electron chi connectivity index (χ0n) is 13.3. The molecule has 114 valence electrons. The minimum Gasteiger partial charge on any atom is -0.477 e. The molecule has 3 nitrogen and oxygen atoms in total. The van der Waals surface area contributed by atoms with Crippen molar-refractivity contribution in [3.05, 3.63) is 45.8 Å². The quantitative estimate of drug-likeness (QED) is 0.877. The van der Waals surface area contributed by atoms with Crippen LogP contribution in [0.1, 0.15) is 36.9 Å². The van der Waals surface area contributed by atoms with Gasteiger partial charge in [0, 0.05) is 35.1 Å². The van der Waals surface area contributed by atoms with E-state index in [1.54, 1.807) is 11.3 Å². The third-order valence-electron chi connectivity index (χ3n) is 2.99. The molecule has 0 saturated carbocycles. The van der Waals surface area contributed by atoms with Crippen molar-refractivity contribution in [2.24, 2.45) is 0 Å². The van der Waals surface area contributed by atoms with E-state index in [4.69, 9.17) is 4.74 Å². The number of nitrogens with zero attached hydrogens (tertiary/aromatic N) is 1. The molecular formula is C17H24N2OS. The summed E-state index contributed by atoms with van der Waals surface area (Å²) in [7, 11) is 0. The van der Waals surface area contributed by atoms with Crippen LogP contribution in [-0.4, -0.2) is 17.1 Å². The summed E-state index contributed by atoms with van der Waals surface area (Å²) in [5.41, 5.74) is 2.31. The van der Waals surface area contributed by atoms with E-state index >= 15 is 0 Å². The number of pyridine rings is 1. The molecule has 0 amide bonds. The third-order valence-corrected chi connectivity index (χ3v) is 3.93. The van der Waals surface area contributed by atoms with Crippen molar-refractivity contribution >= 4 is 11.3 Å². The van der Waals surface area contributed by atoms with Crippen molar-refractivity contribution in [2.75, 3.05) is 6.61 Å². The van der Waals surface area contributed by atoms with Gasteiger partial charge < -0.3 is 10.1 Å². The average Bonchev–Trinajstić information content (AvgIpc) is 2.88. The highest BCUT2D eigenvalue weighted by molar-refractivity contribution is 7.09. The van der Waals surface area contributed by atoms with Gasteiger partial charge in [0.1, 0.15) is 0 Å². The van der Waals surface area contributed by atoms with E-state index in [-0.39, 0.29) is 5.54 Å². The standard InChI is InChI=1S/C17H24N2OS/c1-13-10-14(12-18-17(2,3)4)11-16(19-13)20-8-7-15-6-5-9-21-15/h5-6,9-11,18H,7-8,12H2,1-4H3. The second-order valence-corrected chi connectivity index (χ2v) is 7.27. The van der Waals surface area contributed by atoms with Crippen LogP contribution in [0.25, 0.3) is 0 Å². The first-order valence-electron chi connectivity index (χ1n) is 7.30. The van der Waals surface area contributed by atoms with Crippen LogP contribution >= 0.6 is 11.3 Å². The molecule has 0 saturated heterocycles. The number of hydrogen-bond donors (Lipinski definition) is 1. The van der Waals surface area contributed by atoms with Gasteiger partial charge in [-0.1, -0.05) is 6.07 Å². The summed E-state index contributed by atoms with van der Waals surface area (Å²) in [6.45, 7) is 10.0. The first-order chi connectivity index (χ1) is 9.92. The van der Waals surface area contributed by atoms with E-state index < -0.39 is 0 Å². The second-order valence-electron chi connectivity index (χ2n) is 6.24. The van der Waals surface area contributed by atoms with Crippen LogP contribution in [0, 0.1) is 6.92 Å². The molecule has 0 aromatic carbocycles. The fourth-order valence-electron chi connectivity index (χ4n) is 1.96. The predicted molar refractivity (Wildman–Crippen MR) is 89.1 cm³/mol. The highest BCUT2D eigenvalue weighted by Gasteiger charge is 2.09. The van der Waals surface area contributed by atoms with E-state index in [1.807, 2.05) is 13.0 Å². The molecule has 2 aromatic rings. The first-order valence-corrected chi connectivity index (χ1v) is 8.18. The van der Waals surface area contributed by atoms with Gasteiger partial charge in [-0.15, -0.1) is 11.3 Å². The summed E-state index contributed by atoms with van der Waals surface area (Å²) in [4.78, 5) is 5.80. The van der Waals surface area contributed by atoms with Gasteiger partial charge in [-0.2, -0.15) is 0 Å². The number of thiophene rings is 1. The van der Waals surface area contributed by atoms with Crippen LogP contribution in [0.4, 0.5) is 0 Å². The minimum atomic E-state index is 0.108. The van der Waals surface area contributed by atoms with Crippen molar-refractivity contribution in [2.45, 2.75) is 46.2 Å². The van der Waals surface area contributed by atoms with Crippen molar-refractivity contribution in [3.63, 3.8) is 0 Å². The number of hydrogen-bond acceptors (Lipinski definition) is 4. The molecule has 2 heterocycles. The van der Waals surface area contributed by atoms with Crippen molar-refractivity contribution in [1.82, 2.24) is 10.3 Å². The predicted octanol–water partition coefficient (Wildman–Crippen LogP) is 3.96. The molecule has 0 fully saturated rings. The smallest absolute Gasteiger partial charge is 0.213 e. The van der Waals surface area contributed by atoms with Gasteiger partial charge in [0.05, 0.1) is 6.61 Å². The van der Waals surface area contributed by atoms with Gasteiger partial charge in [0.2, 0.25) is 5.88 Å². The maximum absolute atomic E-state index is 5.80. The SMILES string of the molecule is Cc1cc(CNC(C)(C)C)cc(OCCc2cccs2)n1. The summed E-state index contributed by atoms with van der Waals surface area (Å²) in [6, 6.07) is 8.34. The lowest BCUT2D eigenvalue weighted by atomic mass is 10.1. The summed E-state index contributed by atoms with van der Waals surface area (Å²) in [5.74, 6) is 0.720. The Morgan fingerprint density at radius 3 is 2.76 bits per heavy atom. The average molecular weight is 304 g/mol. The summed E-state index contributed by atoms with van der Waals surface area (Å²) in [6.07, 6.45) is 0.933. The fraction of sp³-hybridized carbons (Fsp3) is 0.471. The van der Waals surface area contributed by atoms with Crippen LogP contribution in [0.3, 0.4) is 0 Å². The Morgan fingerprint density at radius 1 is 1.29 bits per heavy atom. The number of aromatic nitrogens is 1. The van der Waals surface area contributed by atoms with Gasteiger partial charge in [-0.05, 0) is 50.8 Å². The van der Waals surface area contributed by atoms with Gasteiger partial charge in [0.15, 0.2) is 0 Å². The molecule has 0 unspecified atom stereocenters. The van der Waals surface area contributed by atoms with Crippen LogP contribution in [0.2, 0.25) is 0 Å². The lowest BCUT2D eigenvalue weighted by Gasteiger charge is -2.20. The van der Waals surface area contributed by atoms with Crippen molar-refractivity contribution in [1.29, 1.82) is 0 Å². The normalized spacial score (nSPS) is 11.6. The van der Waals surface area contributed by atoms with Gasteiger partial charge in [-0.3, -0.25) is 0 Å². The Kier molecular flexibility index (Phi) is 5.37. The molecule has 0 bridgehead atoms. The molecule has 0 aliphatic carbocycles. The largest absolute Gasteiger partial charge is 0.477 e. The third kappa shape index (κ3) is 5.86. The first kappa shape index (κ1) is 16.0. The molecule has 0 aliphatic rings. The lowest BCUT2D eigenvalue weighted by molar-refractivity contribution is 0.309. The maximum atomic E-state index is 5.80. The molecule has 0 atom stereocenters. The van der Waals surface area contributed by atoms with E-state index in [0.717, 1.165) is 24.5 Å². The van der Waals surface area contributed by atoms with E-state index in [0.29, 0.717) is 6.61 Å². The van der Waals surface area contributed by atoms with Crippen LogP contribution in [0.5, 0.6) is 5.88 Å². The van der Waals surface area contributed by atoms with E-state index in [2.05, 4.69) is 54.7 Å². The van der Waals surface area contributed by atoms with Crippen molar-refractivity contribution in [3.8, 4) is 5.88 Å². The number of aryl methyl sites for hydroxylation is 1. The summed E-state index contributed by atoms with van der Waals surface area (Å²) in [5, 5.41) is 5.58. The Morgan fingerprint density at radius 2 is 2.10 bits per heavy atom. The molecule has 2 rings (SSSR count). The zero-order valence-corrected chi connectivity index (χ0v) is 14.1. The summed E-state index contributed by atoms with van der Waals surface area (Å²) < 4.78 is 5.80. The molecular weight excluding hydrogens is 280 g/mol. The zero-order chi connectivity index (χ0) is 15.3. The Bertz CT molecular complexity index is 559. The highest BCUT2D eigenvalue weighted by atomic mass is 32.1. The number of rotatable bonds is 6. The molecule has 1 N–H and O–H groups in total. The Labute approximate surface area is 131 Å². The number of ether oxygens (including phenoxy) is 1. The van der Waals surface area contributed by atoms with Crippen LogP contribution in [0.15, 0.2) is 29.6 Å². The Balaban J connectivity index is 1.91. The highest BCUT2D eigenvalue weighted by Crippen LogP contribution is 2.15. The summed E-state index contributed by atoms with van der Waals surface area (Å²) >= 11 is 1.76. The van der Waals surface area contributed by atoms with Crippen LogP contribution < -0.4 is 10.1 Å². The molecule has 4 heteroatoms. The fourth-order valence-corrected chi connectivity index (χ4v) is 2.65. The maximum Gasteiger partial charge on any atom is 0.213 e. The molecule has 0 spiro atoms. The van der Waals surface area contributed by atoms with E-state index in [1.165, 1.54) is 10.4 Å². The van der Waals surface area contributed by atoms with Crippen molar-refractivity contribution < 1.29 is 4.74 Å². The lowest BCUT2D eigenvalue weighted by Crippen LogP contribution is -2.35. The van der Waals surface area contributed by atoms with Crippen LogP contribution in [-0.2, 0) is 13.0 Å². The molecule has 2 aromatic heterocycles. The number of nitrogens with one attached hydrogen (secondary N) is 1. The molecule has 0 radical (unpaired) electrons. The van der Waals surface area contributed by atoms with Gasteiger partial charge >= 0.3 is 0 Å². The topological polar surface area (TPSA) is 34.1 Å². The van der Waals surface area contributed by atoms with Gasteiger partial charge in [-0.25, -0.2) is 4.98 Å². The molecule has 0 aliphatic heterocycles. The second kappa shape index (κ2) is 7.05. The molecule has 21 heavy (non-hydrogen) atoms. The Hall–Kier alpha value is -1.39. The monoisotopic (exact) mass is 304 g/mol. The van der Waals surface area contributed by atoms with E-state index in [9.17, 15) is 0 Å². The van der Waals surface area contributed by atoms with Gasteiger partial charge in [0.25, 0.3) is 0 Å².